The summed E-state index contributed by atoms with van der Waals surface area (Å²) < 4.78 is 20.7. The van der Waals surface area contributed by atoms with Gasteiger partial charge in [-0.15, -0.1) is 10.2 Å². The zero-order valence-corrected chi connectivity index (χ0v) is 15.4. The van der Waals surface area contributed by atoms with Crippen LogP contribution in [0.5, 0.6) is 5.75 Å². The predicted molar refractivity (Wildman–Crippen MR) is 95.5 cm³/mol. The van der Waals surface area contributed by atoms with Gasteiger partial charge in [0.15, 0.2) is 11.9 Å². The van der Waals surface area contributed by atoms with Crippen molar-refractivity contribution in [1.29, 1.82) is 0 Å². The quantitative estimate of drug-likeness (QED) is 0.830. The van der Waals surface area contributed by atoms with Crippen LogP contribution in [0, 0.1) is 5.82 Å². The van der Waals surface area contributed by atoms with E-state index in [1.807, 2.05) is 0 Å². The van der Waals surface area contributed by atoms with Gasteiger partial charge in [-0.2, -0.15) is 0 Å². The number of halogens is 2. The molecule has 1 saturated carbocycles. The standard InChI is InChI=1S/C18H22ClFN4O2/c1-12(26-16-8-7-13(20)9-15(16)19)18(25)21-10-17-23-22-11-24(17)14-5-3-2-4-6-14/h7-9,11-12,14H,2-6,10H2,1H3,(H,21,25). The van der Waals surface area contributed by atoms with Gasteiger partial charge in [0.05, 0.1) is 11.6 Å². The highest BCUT2D eigenvalue weighted by molar-refractivity contribution is 6.32. The van der Waals surface area contributed by atoms with Gasteiger partial charge in [-0.1, -0.05) is 30.9 Å². The number of benzene rings is 1. The summed E-state index contributed by atoms with van der Waals surface area (Å²) in [7, 11) is 0. The number of hydrogen-bond donors (Lipinski definition) is 1. The number of rotatable bonds is 6. The maximum Gasteiger partial charge on any atom is 0.261 e. The Morgan fingerprint density at radius 2 is 2.19 bits per heavy atom. The average Bonchev–Trinajstić information content (AvgIpc) is 3.11. The van der Waals surface area contributed by atoms with Crippen molar-refractivity contribution >= 4 is 17.5 Å². The second kappa shape index (κ2) is 8.49. The third-order valence-electron chi connectivity index (χ3n) is 4.60. The lowest BCUT2D eigenvalue weighted by Crippen LogP contribution is -2.36. The minimum atomic E-state index is -0.774. The first-order valence-electron chi connectivity index (χ1n) is 8.82. The topological polar surface area (TPSA) is 69.0 Å². The summed E-state index contributed by atoms with van der Waals surface area (Å²) in [6.45, 7) is 1.89. The Labute approximate surface area is 156 Å². The van der Waals surface area contributed by atoms with Gasteiger partial charge in [-0.05, 0) is 38.0 Å². The van der Waals surface area contributed by atoms with Crippen molar-refractivity contribution in [2.75, 3.05) is 0 Å². The van der Waals surface area contributed by atoms with Crippen molar-refractivity contribution in [3.63, 3.8) is 0 Å². The largest absolute Gasteiger partial charge is 0.479 e. The van der Waals surface area contributed by atoms with Crippen LogP contribution in [0.15, 0.2) is 24.5 Å². The summed E-state index contributed by atoms with van der Waals surface area (Å²) in [5.41, 5.74) is 0. The van der Waals surface area contributed by atoms with Gasteiger partial charge in [0.1, 0.15) is 17.9 Å². The maximum absolute atomic E-state index is 13.1. The molecule has 1 atom stereocenters. The molecule has 8 heteroatoms. The van der Waals surface area contributed by atoms with Crippen molar-refractivity contribution in [3.05, 3.63) is 41.2 Å². The van der Waals surface area contributed by atoms with E-state index >= 15 is 0 Å². The molecule has 2 aromatic rings. The Kier molecular flexibility index (Phi) is 6.08. The highest BCUT2D eigenvalue weighted by atomic mass is 35.5. The molecule has 140 valence electrons. The molecular weight excluding hydrogens is 359 g/mol. The van der Waals surface area contributed by atoms with Crippen molar-refractivity contribution in [2.24, 2.45) is 0 Å². The normalized spacial score (nSPS) is 16.3. The first-order valence-corrected chi connectivity index (χ1v) is 9.20. The number of amides is 1. The monoisotopic (exact) mass is 380 g/mol. The second-order valence-corrected chi connectivity index (χ2v) is 6.91. The van der Waals surface area contributed by atoms with E-state index in [1.165, 1.54) is 31.4 Å². The molecule has 0 aliphatic heterocycles. The summed E-state index contributed by atoms with van der Waals surface area (Å²) in [5, 5.41) is 11.0. The molecule has 1 aliphatic carbocycles. The molecule has 26 heavy (non-hydrogen) atoms. The third-order valence-corrected chi connectivity index (χ3v) is 4.90. The molecule has 0 saturated heterocycles. The van der Waals surface area contributed by atoms with Crippen molar-refractivity contribution in [1.82, 2.24) is 20.1 Å². The van der Waals surface area contributed by atoms with Crippen LogP contribution >= 0.6 is 11.6 Å². The highest BCUT2D eigenvalue weighted by Gasteiger charge is 2.20. The molecule has 1 heterocycles. The lowest BCUT2D eigenvalue weighted by atomic mass is 9.95. The first-order chi connectivity index (χ1) is 12.5. The number of hydrogen-bond acceptors (Lipinski definition) is 4. The van der Waals surface area contributed by atoms with Gasteiger partial charge in [0, 0.05) is 6.04 Å². The Hall–Kier alpha value is -2.15. The number of carbonyl (C=O) groups is 1. The fraction of sp³-hybridized carbons (Fsp3) is 0.500. The van der Waals surface area contributed by atoms with Crippen molar-refractivity contribution in [3.8, 4) is 5.75 Å². The minimum absolute atomic E-state index is 0.127. The summed E-state index contributed by atoms with van der Waals surface area (Å²) in [6.07, 6.45) is 6.87. The molecule has 3 rings (SSSR count). The third kappa shape index (κ3) is 4.52. The van der Waals surface area contributed by atoms with E-state index in [9.17, 15) is 9.18 Å². The highest BCUT2D eigenvalue weighted by Crippen LogP contribution is 2.28. The molecule has 0 spiro atoms. The van der Waals surface area contributed by atoms with Gasteiger partial charge in [0.2, 0.25) is 0 Å². The van der Waals surface area contributed by atoms with Crippen LogP contribution in [-0.4, -0.2) is 26.8 Å². The van der Waals surface area contributed by atoms with Gasteiger partial charge in [-0.3, -0.25) is 4.79 Å². The smallest absolute Gasteiger partial charge is 0.261 e. The van der Waals surface area contributed by atoms with E-state index in [-0.39, 0.29) is 23.2 Å². The number of nitrogens with zero attached hydrogens (tertiary/aromatic N) is 3. The van der Waals surface area contributed by atoms with Gasteiger partial charge >= 0.3 is 0 Å². The van der Waals surface area contributed by atoms with Crippen LogP contribution in [0.3, 0.4) is 0 Å². The molecule has 1 fully saturated rings. The van der Waals surface area contributed by atoms with Crippen LogP contribution in [0.1, 0.15) is 50.9 Å². The minimum Gasteiger partial charge on any atom is -0.479 e. The zero-order chi connectivity index (χ0) is 18.5. The Bertz CT molecular complexity index is 761. The van der Waals surface area contributed by atoms with E-state index in [0.717, 1.165) is 24.7 Å². The van der Waals surface area contributed by atoms with Crippen LogP contribution in [0.2, 0.25) is 5.02 Å². The molecule has 1 aliphatic rings. The van der Waals surface area contributed by atoms with E-state index < -0.39 is 11.9 Å². The summed E-state index contributed by atoms with van der Waals surface area (Å²) in [6, 6.07) is 4.19. The zero-order valence-electron chi connectivity index (χ0n) is 14.6. The van der Waals surface area contributed by atoms with Crippen molar-refractivity contribution in [2.45, 2.75) is 57.7 Å². The van der Waals surface area contributed by atoms with Crippen LogP contribution in [-0.2, 0) is 11.3 Å². The molecule has 1 amide bonds. The molecule has 0 radical (unpaired) electrons. The Balaban J connectivity index is 1.56. The molecule has 0 bridgehead atoms. The number of nitrogens with one attached hydrogen (secondary N) is 1. The summed E-state index contributed by atoms with van der Waals surface area (Å²) >= 11 is 5.93. The van der Waals surface area contributed by atoms with Crippen molar-refractivity contribution < 1.29 is 13.9 Å². The Morgan fingerprint density at radius 3 is 2.92 bits per heavy atom. The molecular formula is C18H22ClFN4O2. The lowest BCUT2D eigenvalue weighted by Gasteiger charge is -2.24. The number of aromatic nitrogens is 3. The summed E-state index contributed by atoms with van der Waals surface area (Å²) in [5.74, 6) is 0.239. The average molecular weight is 381 g/mol. The van der Waals surface area contributed by atoms with E-state index in [0.29, 0.717) is 6.04 Å². The van der Waals surface area contributed by atoms with Crippen LogP contribution in [0.25, 0.3) is 0 Å². The second-order valence-electron chi connectivity index (χ2n) is 6.50. The van der Waals surface area contributed by atoms with E-state index in [4.69, 9.17) is 16.3 Å². The first kappa shape index (κ1) is 18.6. The number of carbonyl (C=O) groups excluding carboxylic acids is 1. The fourth-order valence-corrected chi connectivity index (χ4v) is 3.39. The van der Waals surface area contributed by atoms with Gasteiger partial charge in [0.25, 0.3) is 5.91 Å². The van der Waals surface area contributed by atoms with E-state index in [1.54, 1.807) is 13.3 Å². The van der Waals surface area contributed by atoms with Crippen LogP contribution < -0.4 is 10.1 Å². The predicted octanol–water partition coefficient (Wildman–Crippen LogP) is 3.66. The van der Waals surface area contributed by atoms with Gasteiger partial charge < -0.3 is 14.6 Å². The van der Waals surface area contributed by atoms with Gasteiger partial charge in [-0.25, -0.2) is 4.39 Å². The lowest BCUT2D eigenvalue weighted by molar-refractivity contribution is -0.127. The Morgan fingerprint density at radius 1 is 1.42 bits per heavy atom. The molecule has 1 N–H and O–H groups in total. The molecule has 1 aromatic carbocycles. The molecule has 1 aromatic heterocycles. The number of ether oxygens (including phenoxy) is 1. The summed E-state index contributed by atoms with van der Waals surface area (Å²) in [4.78, 5) is 12.3. The molecule has 6 nitrogen and oxygen atoms in total. The maximum atomic E-state index is 13.1. The SMILES string of the molecule is CC(Oc1ccc(F)cc1Cl)C(=O)NCc1nncn1C1CCCCC1. The van der Waals surface area contributed by atoms with Crippen LogP contribution in [0.4, 0.5) is 4.39 Å². The molecule has 1 unspecified atom stereocenters. The fourth-order valence-electron chi connectivity index (χ4n) is 3.18. The van der Waals surface area contributed by atoms with E-state index in [2.05, 4.69) is 20.1 Å².